The first-order valence-electron chi connectivity index (χ1n) is 21.8. The van der Waals surface area contributed by atoms with Crippen molar-refractivity contribution in [2.75, 3.05) is 9.80 Å². The summed E-state index contributed by atoms with van der Waals surface area (Å²) >= 11 is 0. The van der Waals surface area contributed by atoms with E-state index in [9.17, 15) is 0 Å². The average molecular weight is 819 g/mol. The van der Waals surface area contributed by atoms with Crippen LogP contribution in [-0.2, 0) is 0 Å². The van der Waals surface area contributed by atoms with Gasteiger partial charge in [0, 0.05) is 67.0 Å². The number of anilines is 6. The van der Waals surface area contributed by atoms with E-state index >= 15 is 0 Å². The maximum atomic E-state index is 2.45. The number of fused-ring (bicyclic) bond motifs is 6. The Kier molecular flexibility index (Phi) is 9.12. The van der Waals surface area contributed by atoms with Gasteiger partial charge in [0.05, 0.1) is 22.1 Å². The van der Waals surface area contributed by atoms with Crippen molar-refractivity contribution in [1.82, 2.24) is 9.13 Å². The molecule has 2 heterocycles. The first-order chi connectivity index (χ1) is 31.8. The zero-order valence-corrected chi connectivity index (χ0v) is 35.0. The van der Waals surface area contributed by atoms with Crippen LogP contribution < -0.4 is 9.80 Å². The Bertz CT molecular complexity index is 3520. The summed E-state index contributed by atoms with van der Waals surface area (Å²) in [4.78, 5) is 4.68. The lowest BCUT2D eigenvalue weighted by Crippen LogP contribution is -2.10. The Morgan fingerprint density at radius 2 is 0.578 bits per heavy atom. The van der Waals surface area contributed by atoms with Gasteiger partial charge < -0.3 is 18.9 Å². The Labute approximate surface area is 372 Å². The molecule has 0 radical (unpaired) electrons. The quantitative estimate of drug-likeness (QED) is 0.144. The number of hydrogen-bond donors (Lipinski definition) is 0. The van der Waals surface area contributed by atoms with Gasteiger partial charge in [-0.05, 0) is 132 Å². The van der Waals surface area contributed by atoms with E-state index in [0.717, 1.165) is 56.5 Å². The van der Waals surface area contributed by atoms with E-state index in [2.05, 4.69) is 274 Å². The highest BCUT2D eigenvalue weighted by molar-refractivity contribution is 6.19. The van der Waals surface area contributed by atoms with Gasteiger partial charge in [-0.1, -0.05) is 133 Å². The van der Waals surface area contributed by atoms with E-state index in [4.69, 9.17) is 0 Å². The largest absolute Gasteiger partial charge is 0.311 e. The maximum Gasteiger partial charge on any atom is 0.0548 e. The van der Waals surface area contributed by atoms with E-state index in [0.29, 0.717) is 0 Å². The normalized spacial score (nSPS) is 11.4. The zero-order valence-electron chi connectivity index (χ0n) is 35.0. The maximum absolute atomic E-state index is 2.45. The third-order valence-corrected chi connectivity index (χ3v) is 12.5. The molecule has 0 spiro atoms. The van der Waals surface area contributed by atoms with Crippen LogP contribution in [0.1, 0.15) is 0 Å². The predicted molar refractivity (Wildman–Crippen MR) is 270 cm³/mol. The molecule has 12 rings (SSSR count). The third kappa shape index (κ3) is 6.40. The second-order valence-electron chi connectivity index (χ2n) is 16.2. The number of hydrogen-bond acceptors (Lipinski definition) is 2. The lowest BCUT2D eigenvalue weighted by atomic mass is 10.0. The molecule has 12 aromatic rings. The average Bonchev–Trinajstić information content (AvgIpc) is 3.87. The van der Waals surface area contributed by atoms with Crippen LogP contribution in [0.2, 0.25) is 0 Å². The van der Waals surface area contributed by atoms with Crippen LogP contribution in [0.3, 0.4) is 0 Å². The molecule has 0 N–H and O–H groups in total. The molecule has 0 aliphatic rings. The summed E-state index contributed by atoms with van der Waals surface area (Å²) in [6.45, 7) is 0. The molecule has 0 aliphatic carbocycles. The summed E-state index contributed by atoms with van der Waals surface area (Å²) in [6.07, 6.45) is 0. The monoisotopic (exact) mass is 818 g/mol. The van der Waals surface area contributed by atoms with Gasteiger partial charge in [-0.15, -0.1) is 0 Å². The van der Waals surface area contributed by atoms with Crippen molar-refractivity contribution >= 4 is 77.7 Å². The molecule has 0 unspecified atom stereocenters. The summed E-state index contributed by atoms with van der Waals surface area (Å²) in [6, 6.07) is 91.7. The molecule has 0 bridgehead atoms. The highest BCUT2D eigenvalue weighted by Gasteiger charge is 2.21. The van der Waals surface area contributed by atoms with Gasteiger partial charge >= 0.3 is 0 Å². The fraction of sp³-hybridized carbons (Fsp3) is 0. The summed E-state index contributed by atoms with van der Waals surface area (Å²) < 4.78 is 4.86. The molecule has 4 nitrogen and oxygen atoms in total. The van der Waals surface area contributed by atoms with Gasteiger partial charge in [0.25, 0.3) is 0 Å². The van der Waals surface area contributed by atoms with E-state index in [1.165, 1.54) is 43.7 Å². The SMILES string of the molecule is c1ccc(-c2ccc(N(c3ccccc3)c3ccc4c(c3)c3cc5c(cc3n4-c3ccc(N(c4ccccc4)c4ccccc4)cc3)c3ccccc3n5-c3ccccc3)cc2)cc1. The molecule has 0 saturated heterocycles. The Hall–Kier alpha value is -8.60. The highest BCUT2D eigenvalue weighted by Crippen LogP contribution is 2.44. The number of nitrogens with zero attached hydrogens (tertiary/aromatic N) is 4. The van der Waals surface area contributed by atoms with Gasteiger partial charge in [0.1, 0.15) is 0 Å². The lowest BCUT2D eigenvalue weighted by Gasteiger charge is -2.26. The molecule has 0 amide bonds. The van der Waals surface area contributed by atoms with Crippen molar-refractivity contribution in [1.29, 1.82) is 0 Å². The van der Waals surface area contributed by atoms with Crippen LogP contribution in [0, 0.1) is 0 Å². The van der Waals surface area contributed by atoms with Gasteiger partial charge in [0.2, 0.25) is 0 Å². The van der Waals surface area contributed by atoms with Gasteiger partial charge in [0.15, 0.2) is 0 Å². The summed E-state index contributed by atoms with van der Waals surface area (Å²) in [5, 5.41) is 4.82. The van der Waals surface area contributed by atoms with Crippen LogP contribution in [0.15, 0.2) is 255 Å². The van der Waals surface area contributed by atoms with E-state index in [-0.39, 0.29) is 0 Å². The Morgan fingerprint density at radius 3 is 1.14 bits per heavy atom. The first kappa shape index (κ1) is 37.2. The topological polar surface area (TPSA) is 16.3 Å². The van der Waals surface area contributed by atoms with Crippen LogP contribution in [0.5, 0.6) is 0 Å². The molecule has 0 aliphatic heterocycles. The molecule has 64 heavy (non-hydrogen) atoms. The standard InChI is InChI=1S/C60H42N4/c1-6-18-43(19-7-1)44-30-32-49(33-31-44)62(47-24-12-4-13-25-47)52-38-39-58-54(40-52)56-42-59-55(53-28-16-17-29-57(53)63(59)48-26-14-5-15-27-48)41-60(56)64(58)51-36-34-50(35-37-51)61(45-20-8-2-9-21-45)46-22-10-3-11-23-46/h1-42H. The van der Waals surface area contributed by atoms with E-state index < -0.39 is 0 Å². The smallest absolute Gasteiger partial charge is 0.0548 e. The van der Waals surface area contributed by atoms with Crippen LogP contribution in [0.4, 0.5) is 34.1 Å². The van der Waals surface area contributed by atoms with Crippen molar-refractivity contribution in [3.63, 3.8) is 0 Å². The van der Waals surface area contributed by atoms with Crippen molar-refractivity contribution in [2.45, 2.75) is 0 Å². The minimum Gasteiger partial charge on any atom is -0.311 e. The number of para-hydroxylation sites is 5. The molecule has 0 atom stereocenters. The molecule has 4 heteroatoms. The minimum atomic E-state index is 1.09. The van der Waals surface area contributed by atoms with Gasteiger partial charge in [-0.2, -0.15) is 0 Å². The molecule has 0 saturated carbocycles. The molecular formula is C60H42N4. The zero-order chi connectivity index (χ0) is 42.4. The number of rotatable bonds is 9. The van der Waals surface area contributed by atoms with Crippen molar-refractivity contribution in [3.8, 4) is 22.5 Å². The summed E-state index contributed by atoms with van der Waals surface area (Å²) in [5.41, 5.74) is 15.9. The minimum absolute atomic E-state index is 1.09. The summed E-state index contributed by atoms with van der Waals surface area (Å²) in [7, 11) is 0. The second-order valence-corrected chi connectivity index (χ2v) is 16.2. The molecular weight excluding hydrogens is 777 g/mol. The van der Waals surface area contributed by atoms with Crippen molar-refractivity contribution in [2.24, 2.45) is 0 Å². The van der Waals surface area contributed by atoms with E-state index in [1.54, 1.807) is 0 Å². The number of aromatic nitrogens is 2. The fourth-order valence-electron chi connectivity index (χ4n) is 9.55. The van der Waals surface area contributed by atoms with Gasteiger partial charge in [-0.3, -0.25) is 0 Å². The van der Waals surface area contributed by atoms with Crippen LogP contribution in [0.25, 0.3) is 66.1 Å². The second kappa shape index (κ2) is 15.7. The summed E-state index contributed by atoms with van der Waals surface area (Å²) in [5.74, 6) is 0. The lowest BCUT2D eigenvalue weighted by molar-refractivity contribution is 1.17. The number of benzene rings is 10. The van der Waals surface area contributed by atoms with E-state index in [1.807, 2.05) is 0 Å². The third-order valence-electron chi connectivity index (χ3n) is 12.5. The fourth-order valence-corrected chi connectivity index (χ4v) is 9.55. The highest BCUT2D eigenvalue weighted by atomic mass is 15.1. The van der Waals surface area contributed by atoms with Gasteiger partial charge in [-0.25, -0.2) is 0 Å². The van der Waals surface area contributed by atoms with Crippen LogP contribution in [-0.4, -0.2) is 9.13 Å². The van der Waals surface area contributed by atoms with Crippen molar-refractivity contribution < 1.29 is 0 Å². The molecule has 302 valence electrons. The Balaban J connectivity index is 1.08. The van der Waals surface area contributed by atoms with Crippen LogP contribution >= 0.6 is 0 Å². The van der Waals surface area contributed by atoms with Crippen molar-refractivity contribution in [3.05, 3.63) is 255 Å². The predicted octanol–water partition coefficient (Wildman–Crippen LogP) is 16.5. The molecule has 2 aromatic heterocycles. The first-order valence-corrected chi connectivity index (χ1v) is 21.8. The molecule has 0 fully saturated rings. The molecule has 10 aromatic carbocycles. The Morgan fingerprint density at radius 1 is 0.219 bits per heavy atom.